The number of amides is 2. The first-order valence-corrected chi connectivity index (χ1v) is 10.4. The van der Waals surface area contributed by atoms with Crippen LogP contribution in [0.3, 0.4) is 0 Å². The lowest BCUT2D eigenvalue weighted by molar-refractivity contribution is -0.146. The number of fused-ring (bicyclic) bond motifs is 1. The summed E-state index contributed by atoms with van der Waals surface area (Å²) in [5.74, 6) is 0.0938. The Morgan fingerprint density at radius 2 is 1.71 bits per heavy atom. The molecule has 5 nitrogen and oxygen atoms in total. The molecule has 0 saturated carbocycles. The molecule has 0 spiro atoms. The topological polar surface area (TPSA) is 66.5 Å². The van der Waals surface area contributed by atoms with Crippen molar-refractivity contribution in [1.82, 2.24) is 10.2 Å². The van der Waals surface area contributed by atoms with Gasteiger partial charge in [0.2, 0.25) is 11.0 Å². The largest absolute Gasteiger partial charge is 0.341 e. The smallest absolute Gasteiger partial charge is 0.253 e. The van der Waals surface area contributed by atoms with Crippen LogP contribution in [0.1, 0.15) is 11.1 Å². The maximum Gasteiger partial charge on any atom is 0.253 e. The number of nitrogens with one attached hydrogen (secondary N) is 1. The Morgan fingerprint density at radius 3 is 2.36 bits per heavy atom. The summed E-state index contributed by atoms with van der Waals surface area (Å²) in [4.78, 5) is 38.8. The van der Waals surface area contributed by atoms with Gasteiger partial charge in [0.25, 0.3) is 5.91 Å². The van der Waals surface area contributed by atoms with Crippen molar-refractivity contribution in [2.45, 2.75) is 17.8 Å². The van der Waals surface area contributed by atoms with Crippen LogP contribution in [0.5, 0.6) is 0 Å². The Morgan fingerprint density at radius 1 is 1.07 bits per heavy atom. The SMILES string of the molecule is O=C(Cc1ccccc1)N[C@@H]1C(=O)N2C(C(=O)S)=C(c3ccccc3)CS[C@H]12. The quantitative estimate of drug-likeness (QED) is 0.587. The molecule has 2 aromatic rings. The molecule has 1 fully saturated rings. The summed E-state index contributed by atoms with van der Waals surface area (Å²) < 4.78 is 0. The molecule has 2 aliphatic rings. The summed E-state index contributed by atoms with van der Waals surface area (Å²) in [5.41, 5.74) is 2.90. The lowest BCUT2D eigenvalue weighted by Gasteiger charge is -2.50. The summed E-state index contributed by atoms with van der Waals surface area (Å²) >= 11 is 5.55. The summed E-state index contributed by atoms with van der Waals surface area (Å²) in [6, 6.07) is 18.3. The van der Waals surface area contributed by atoms with Crippen LogP contribution in [0, 0.1) is 0 Å². The van der Waals surface area contributed by atoms with E-state index in [4.69, 9.17) is 0 Å². The van der Waals surface area contributed by atoms with E-state index in [0.29, 0.717) is 11.4 Å². The second-order valence-corrected chi connectivity index (χ2v) is 8.13. The van der Waals surface area contributed by atoms with E-state index < -0.39 is 11.2 Å². The maximum absolute atomic E-state index is 12.8. The fourth-order valence-corrected chi connectivity index (χ4v) is 5.10. The third-order valence-corrected chi connectivity index (χ3v) is 6.31. The molecule has 142 valence electrons. The summed E-state index contributed by atoms with van der Waals surface area (Å²) in [6.45, 7) is 0. The van der Waals surface area contributed by atoms with Crippen molar-refractivity contribution in [3.05, 3.63) is 77.5 Å². The number of benzene rings is 2. The first kappa shape index (κ1) is 18.8. The average molecular weight is 411 g/mol. The van der Waals surface area contributed by atoms with Gasteiger partial charge in [0.1, 0.15) is 17.1 Å². The number of carbonyl (C=O) groups excluding carboxylic acids is 3. The van der Waals surface area contributed by atoms with Crippen LogP contribution < -0.4 is 5.32 Å². The molecule has 0 aromatic heterocycles. The van der Waals surface area contributed by atoms with E-state index in [2.05, 4.69) is 17.9 Å². The van der Waals surface area contributed by atoms with Crippen molar-refractivity contribution in [2.75, 3.05) is 5.75 Å². The number of nitrogens with zero attached hydrogens (tertiary/aromatic N) is 1. The molecule has 0 aliphatic carbocycles. The van der Waals surface area contributed by atoms with Gasteiger partial charge in [-0.1, -0.05) is 73.3 Å². The van der Waals surface area contributed by atoms with Gasteiger partial charge in [0, 0.05) is 5.75 Å². The highest BCUT2D eigenvalue weighted by Crippen LogP contribution is 2.43. The lowest BCUT2D eigenvalue weighted by atomic mass is 9.99. The second kappa shape index (κ2) is 7.85. The van der Waals surface area contributed by atoms with Crippen LogP contribution in [0.2, 0.25) is 0 Å². The van der Waals surface area contributed by atoms with Gasteiger partial charge in [0.15, 0.2) is 0 Å². The van der Waals surface area contributed by atoms with Crippen LogP contribution in [0.15, 0.2) is 66.4 Å². The molecule has 1 saturated heterocycles. The highest BCUT2D eigenvalue weighted by Gasteiger charge is 2.53. The van der Waals surface area contributed by atoms with E-state index in [0.717, 1.165) is 16.7 Å². The van der Waals surface area contributed by atoms with Crippen LogP contribution in [0.4, 0.5) is 0 Å². The first-order valence-electron chi connectivity index (χ1n) is 8.86. The fraction of sp³-hybridized carbons (Fsp3) is 0.190. The molecule has 7 heteroatoms. The second-order valence-electron chi connectivity index (χ2n) is 6.62. The van der Waals surface area contributed by atoms with Crippen molar-refractivity contribution in [1.29, 1.82) is 0 Å². The highest BCUT2D eigenvalue weighted by atomic mass is 32.2. The summed E-state index contributed by atoms with van der Waals surface area (Å²) in [7, 11) is 0. The molecule has 2 amide bonds. The Balaban J connectivity index is 1.52. The minimum Gasteiger partial charge on any atom is -0.341 e. The van der Waals surface area contributed by atoms with Gasteiger partial charge >= 0.3 is 0 Å². The standard InChI is InChI=1S/C21H18N2O3S2/c24-16(11-13-7-3-1-4-8-13)22-17-19(25)23-18(21(26)27)15(12-28-20(17)23)14-9-5-2-6-10-14/h1-10,17,20H,11-12H2,(H,22,24)(H,26,27)/t17-,20-/m1/s1. The minimum absolute atomic E-state index is 0.207. The van der Waals surface area contributed by atoms with Crippen molar-refractivity contribution < 1.29 is 14.4 Å². The normalized spacial score (nSPS) is 21.0. The molecule has 1 N–H and O–H groups in total. The Hall–Kier alpha value is -2.51. The Bertz CT molecular complexity index is 960. The molecule has 28 heavy (non-hydrogen) atoms. The highest BCUT2D eigenvalue weighted by molar-refractivity contribution is 8.00. The van der Waals surface area contributed by atoms with Gasteiger partial charge < -0.3 is 5.32 Å². The number of β-lactam (4-membered cyclic amide) rings is 1. The number of thiol groups is 1. The fourth-order valence-electron chi connectivity index (χ4n) is 3.49. The van der Waals surface area contributed by atoms with Gasteiger partial charge in [-0.25, -0.2) is 0 Å². The zero-order valence-electron chi connectivity index (χ0n) is 14.9. The average Bonchev–Trinajstić information content (AvgIpc) is 2.72. The maximum atomic E-state index is 12.8. The van der Waals surface area contributed by atoms with Gasteiger partial charge in [0.05, 0.1) is 6.42 Å². The number of hydrogen-bond acceptors (Lipinski definition) is 4. The number of rotatable bonds is 5. The van der Waals surface area contributed by atoms with Crippen molar-refractivity contribution in [2.24, 2.45) is 0 Å². The lowest BCUT2D eigenvalue weighted by Crippen LogP contribution is -2.70. The number of hydrogen-bond donors (Lipinski definition) is 2. The summed E-state index contributed by atoms with van der Waals surface area (Å²) in [6.07, 6.45) is 0.214. The van der Waals surface area contributed by atoms with Crippen molar-refractivity contribution in [3.8, 4) is 0 Å². The summed E-state index contributed by atoms with van der Waals surface area (Å²) in [5, 5.41) is 2.09. The Labute approximate surface area is 172 Å². The monoisotopic (exact) mass is 410 g/mol. The molecule has 0 radical (unpaired) electrons. The molecule has 4 rings (SSSR count). The first-order chi connectivity index (χ1) is 13.6. The van der Waals surface area contributed by atoms with Gasteiger partial charge in [-0.2, -0.15) is 0 Å². The zero-order valence-corrected chi connectivity index (χ0v) is 16.6. The van der Waals surface area contributed by atoms with Gasteiger partial charge in [-0.15, -0.1) is 11.8 Å². The van der Waals surface area contributed by atoms with Crippen LogP contribution in [-0.4, -0.2) is 39.0 Å². The molecule has 2 aliphatic heterocycles. The zero-order chi connectivity index (χ0) is 19.7. The van der Waals surface area contributed by atoms with E-state index in [1.807, 2.05) is 60.7 Å². The third-order valence-electron chi connectivity index (χ3n) is 4.82. The van der Waals surface area contributed by atoms with Gasteiger partial charge in [-0.05, 0) is 16.7 Å². The van der Waals surface area contributed by atoms with Crippen molar-refractivity contribution in [3.63, 3.8) is 0 Å². The molecular formula is C21H18N2O3S2. The predicted octanol–water partition coefficient (Wildman–Crippen LogP) is 2.50. The molecule has 2 heterocycles. The van der Waals surface area contributed by atoms with Crippen molar-refractivity contribution >= 4 is 46.9 Å². The third kappa shape index (κ3) is 3.47. The van der Waals surface area contributed by atoms with E-state index in [9.17, 15) is 14.4 Å². The predicted molar refractivity (Wildman–Crippen MR) is 113 cm³/mol. The van der Waals surface area contributed by atoms with E-state index >= 15 is 0 Å². The van der Waals surface area contributed by atoms with Gasteiger partial charge in [-0.3, -0.25) is 19.3 Å². The Kier molecular flexibility index (Phi) is 5.28. The van der Waals surface area contributed by atoms with E-state index in [1.54, 1.807) is 11.8 Å². The van der Waals surface area contributed by atoms with Crippen LogP contribution in [-0.2, 0) is 20.8 Å². The van der Waals surface area contributed by atoms with E-state index in [-0.39, 0.29) is 23.6 Å². The van der Waals surface area contributed by atoms with E-state index in [1.165, 1.54) is 4.90 Å². The van der Waals surface area contributed by atoms with Crippen LogP contribution >= 0.6 is 24.4 Å². The number of carbonyl (C=O) groups is 3. The molecular weight excluding hydrogens is 392 g/mol. The molecule has 2 atom stereocenters. The number of thioether (sulfide) groups is 1. The molecule has 2 aromatic carbocycles. The minimum atomic E-state index is -0.624. The van der Waals surface area contributed by atoms with Crippen LogP contribution in [0.25, 0.3) is 5.57 Å². The molecule has 0 bridgehead atoms. The molecule has 0 unspecified atom stereocenters.